The van der Waals surface area contributed by atoms with Crippen LogP contribution in [-0.2, 0) is 21.0 Å². The molecule has 156 valence electrons. The van der Waals surface area contributed by atoms with Crippen molar-refractivity contribution < 1.29 is 18.4 Å². The van der Waals surface area contributed by atoms with Crippen molar-refractivity contribution in [2.24, 2.45) is 0 Å². The van der Waals surface area contributed by atoms with E-state index >= 15 is 0 Å². The zero-order chi connectivity index (χ0) is 21.8. The molecule has 3 aromatic carbocycles. The molecule has 0 bridgehead atoms. The molecule has 0 unspecified atom stereocenters. The number of anilines is 2. The lowest BCUT2D eigenvalue weighted by atomic mass is 10.0. The van der Waals surface area contributed by atoms with Crippen LogP contribution >= 0.6 is 23.4 Å². The summed E-state index contributed by atoms with van der Waals surface area (Å²) in [6.45, 7) is 0.227. The van der Waals surface area contributed by atoms with Gasteiger partial charge in [0, 0.05) is 11.3 Å². The van der Waals surface area contributed by atoms with Crippen LogP contribution < -0.4 is 9.80 Å². The highest BCUT2D eigenvalue weighted by molar-refractivity contribution is 8.02. The van der Waals surface area contributed by atoms with Crippen LogP contribution in [0.25, 0.3) is 0 Å². The maximum atomic E-state index is 13.9. The molecule has 1 atom stereocenters. The third kappa shape index (κ3) is 3.03. The molecule has 5 rings (SSSR count). The highest BCUT2D eigenvalue weighted by Gasteiger charge is 2.60. The van der Waals surface area contributed by atoms with E-state index in [4.69, 9.17) is 11.6 Å². The number of rotatable bonds is 3. The standard InChI is InChI=1S/C23H15ClF2N2O2S/c24-18-11-16(9-10-19(18)26)28-21(29)13-31-23(28)17-3-1-2-4-20(17)27(22(23)30)12-14-5-7-15(25)8-6-14/h1-11H,12-13H2/t23-/m1/s1. The predicted octanol–water partition coefficient (Wildman–Crippen LogP) is 5.10. The molecule has 2 aliphatic rings. The summed E-state index contributed by atoms with van der Waals surface area (Å²) >= 11 is 7.20. The Bertz CT molecular complexity index is 1220. The van der Waals surface area contributed by atoms with Crippen LogP contribution in [0.15, 0.2) is 66.7 Å². The summed E-state index contributed by atoms with van der Waals surface area (Å²) in [4.78, 5) is 28.5. The fourth-order valence-corrected chi connectivity index (χ4v) is 5.64. The van der Waals surface area contributed by atoms with Gasteiger partial charge in [-0.25, -0.2) is 8.78 Å². The van der Waals surface area contributed by atoms with Crippen LogP contribution in [0.5, 0.6) is 0 Å². The first-order valence-electron chi connectivity index (χ1n) is 9.50. The first-order chi connectivity index (χ1) is 14.9. The van der Waals surface area contributed by atoms with Crippen LogP contribution in [0.4, 0.5) is 20.2 Å². The second-order valence-electron chi connectivity index (χ2n) is 7.30. The molecule has 2 heterocycles. The van der Waals surface area contributed by atoms with E-state index in [0.29, 0.717) is 16.9 Å². The lowest BCUT2D eigenvalue weighted by Crippen LogP contribution is -2.49. The minimum absolute atomic E-state index is 0.0967. The molecule has 1 spiro atoms. The number of para-hydroxylation sites is 1. The second kappa shape index (κ2) is 7.35. The highest BCUT2D eigenvalue weighted by Crippen LogP contribution is 2.56. The van der Waals surface area contributed by atoms with Gasteiger partial charge in [0.05, 0.1) is 23.0 Å². The molecule has 1 saturated heterocycles. The van der Waals surface area contributed by atoms with Crippen molar-refractivity contribution in [3.8, 4) is 0 Å². The molecule has 0 aliphatic carbocycles. The smallest absolute Gasteiger partial charge is 0.269 e. The molecule has 2 amide bonds. The molecule has 0 saturated carbocycles. The van der Waals surface area contributed by atoms with Gasteiger partial charge in [0.2, 0.25) is 10.8 Å². The van der Waals surface area contributed by atoms with Crippen molar-refractivity contribution >= 4 is 46.6 Å². The van der Waals surface area contributed by atoms with E-state index < -0.39 is 10.7 Å². The number of hydrogen-bond acceptors (Lipinski definition) is 3. The largest absolute Gasteiger partial charge is 0.304 e. The summed E-state index contributed by atoms with van der Waals surface area (Å²) < 4.78 is 27.1. The Morgan fingerprint density at radius 3 is 2.48 bits per heavy atom. The Kier molecular flexibility index (Phi) is 4.75. The number of fused-ring (bicyclic) bond motifs is 2. The molecule has 3 aromatic rings. The second-order valence-corrected chi connectivity index (χ2v) is 8.87. The van der Waals surface area contributed by atoms with Crippen LogP contribution in [0.1, 0.15) is 11.1 Å². The lowest BCUT2D eigenvalue weighted by Gasteiger charge is -2.33. The van der Waals surface area contributed by atoms with Gasteiger partial charge < -0.3 is 4.90 Å². The zero-order valence-corrected chi connectivity index (χ0v) is 17.6. The van der Waals surface area contributed by atoms with Crippen molar-refractivity contribution in [3.05, 3.63) is 94.5 Å². The van der Waals surface area contributed by atoms with E-state index in [0.717, 1.165) is 5.56 Å². The molecule has 8 heteroatoms. The molecule has 0 N–H and O–H groups in total. The molecule has 31 heavy (non-hydrogen) atoms. The van der Waals surface area contributed by atoms with Crippen molar-refractivity contribution in [3.63, 3.8) is 0 Å². The number of benzene rings is 3. The molecule has 0 radical (unpaired) electrons. The maximum absolute atomic E-state index is 13.9. The third-order valence-corrected chi connectivity index (χ3v) is 7.15. The third-order valence-electron chi connectivity index (χ3n) is 5.48. The van der Waals surface area contributed by atoms with Crippen molar-refractivity contribution in [1.29, 1.82) is 0 Å². The lowest BCUT2D eigenvalue weighted by molar-refractivity contribution is -0.123. The Balaban J connectivity index is 1.63. The summed E-state index contributed by atoms with van der Waals surface area (Å²) in [6.07, 6.45) is 0. The molecular weight excluding hydrogens is 442 g/mol. The predicted molar refractivity (Wildman–Crippen MR) is 117 cm³/mol. The van der Waals surface area contributed by atoms with Gasteiger partial charge in [-0.05, 0) is 42.0 Å². The van der Waals surface area contributed by atoms with Gasteiger partial charge in [0.15, 0.2) is 0 Å². The zero-order valence-electron chi connectivity index (χ0n) is 16.0. The van der Waals surface area contributed by atoms with Gasteiger partial charge in [-0.1, -0.05) is 41.9 Å². The van der Waals surface area contributed by atoms with Gasteiger partial charge in [0.1, 0.15) is 11.6 Å². The average Bonchev–Trinajstić information content (AvgIpc) is 3.23. The number of nitrogens with zero attached hydrogens (tertiary/aromatic N) is 2. The van der Waals surface area contributed by atoms with E-state index in [1.54, 1.807) is 17.0 Å². The molecule has 0 aromatic heterocycles. The van der Waals surface area contributed by atoms with E-state index in [-0.39, 0.29) is 35.0 Å². The van der Waals surface area contributed by atoms with Crippen LogP contribution in [0.3, 0.4) is 0 Å². The number of halogens is 3. The normalized spacial score (nSPS) is 20.1. The minimum Gasteiger partial charge on any atom is -0.304 e. The fraction of sp³-hybridized carbons (Fsp3) is 0.130. The van der Waals surface area contributed by atoms with Crippen molar-refractivity contribution in [1.82, 2.24) is 0 Å². The number of carbonyl (C=O) groups is 2. The van der Waals surface area contributed by atoms with E-state index in [1.807, 2.05) is 24.3 Å². The van der Waals surface area contributed by atoms with Gasteiger partial charge in [-0.2, -0.15) is 0 Å². The van der Waals surface area contributed by atoms with Gasteiger partial charge in [0.25, 0.3) is 5.91 Å². The molecule has 1 fully saturated rings. The Morgan fingerprint density at radius 1 is 1.00 bits per heavy atom. The highest BCUT2D eigenvalue weighted by atomic mass is 35.5. The molecular formula is C23H15ClF2N2O2S. The Hall–Kier alpha value is -2.90. The van der Waals surface area contributed by atoms with Gasteiger partial charge in [-0.3, -0.25) is 14.5 Å². The van der Waals surface area contributed by atoms with Crippen LogP contribution in [0.2, 0.25) is 5.02 Å². The monoisotopic (exact) mass is 456 g/mol. The maximum Gasteiger partial charge on any atom is 0.269 e. The summed E-state index contributed by atoms with van der Waals surface area (Å²) in [7, 11) is 0. The Morgan fingerprint density at radius 2 is 1.74 bits per heavy atom. The topological polar surface area (TPSA) is 40.6 Å². The van der Waals surface area contributed by atoms with Crippen LogP contribution in [-0.4, -0.2) is 17.6 Å². The van der Waals surface area contributed by atoms with Crippen molar-refractivity contribution in [2.75, 3.05) is 15.6 Å². The number of hydrogen-bond donors (Lipinski definition) is 0. The summed E-state index contributed by atoms with van der Waals surface area (Å²) in [6, 6.07) is 17.2. The molecule has 2 aliphatic heterocycles. The minimum atomic E-state index is -1.31. The quantitative estimate of drug-likeness (QED) is 0.550. The summed E-state index contributed by atoms with van der Waals surface area (Å²) in [5.74, 6) is -1.41. The first kappa shape index (κ1) is 20.0. The number of carbonyl (C=O) groups excluding carboxylic acids is 2. The fourth-order valence-electron chi connectivity index (χ4n) is 4.11. The number of amides is 2. The first-order valence-corrected chi connectivity index (χ1v) is 10.9. The van der Waals surface area contributed by atoms with Gasteiger partial charge in [-0.15, -0.1) is 11.8 Å². The average molecular weight is 457 g/mol. The van der Waals surface area contributed by atoms with Gasteiger partial charge >= 0.3 is 0 Å². The SMILES string of the molecule is O=C1CS[C@]2(C(=O)N(Cc3ccc(F)cc3)c3ccccc32)N1c1ccc(F)c(Cl)c1. The molecule has 4 nitrogen and oxygen atoms in total. The van der Waals surface area contributed by atoms with Crippen molar-refractivity contribution in [2.45, 2.75) is 11.4 Å². The summed E-state index contributed by atoms with van der Waals surface area (Å²) in [5, 5.41) is -0.126. The van der Waals surface area contributed by atoms with E-state index in [1.165, 1.54) is 47.0 Å². The van der Waals surface area contributed by atoms with Crippen LogP contribution in [0, 0.1) is 11.6 Å². The Labute approximate surface area is 186 Å². The number of thioether (sulfide) groups is 1. The van der Waals surface area contributed by atoms with E-state index in [2.05, 4.69) is 0 Å². The van der Waals surface area contributed by atoms with E-state index in [9.17, 15) is 18.4 Å². The summed E-state index contributed by atoms with van der Waals surface area (Å²) in [5.41, 5.74) is 2.47.